The number of hydrogen-bond donors (Lipinski definition) is 3. The molecular formula is C12H24F2O8SSi. The maximum atomic E-state index is 14.4. The molecule has 24 heavy (non-hydrogen) atoms. The molecule has 0 aromatic carbocycles. The average molecular weight is 394 g/mol. The van der Waals surface area contributed by atoms with Crippen molar-refractivity contribution in [2.75, 3.05) is 12.9 Å². The summed E-state index contributed by atoms with van der Waals surface area (Å²) in [6.45, 7) is 6.43. The fraction of sp³-hybridized carbons (Fsp3) is 0.917. The van der Waals surface area contributed by atoms with Crippen LogP contribution in [0.3, 0.4) is 0 Å². The van der Waals surface area contributed by atoms with Crippen molar-refractivity contribution >= 4 is 24.4 Å². The smallest absolute Gasteiger partial charge is 0.393 e. The van der Waals surface area contributed by atoms with Crippen LogP contribution in [0, 0.1) is 0 Å². The van der Waals surface area contributed by atoms with Gasteiger partial charge < -0.3 is 23.9 Å². The molecule has 0 rings (SSSR count). The molecule has 144 valence electrons. The van der Waals surface area contributed by atoms with Crippen LogP contribution in [0.2, 0.25) is 18.1 Å². The predicted molar refractivity (Wildman–Crippen MR) is 82.2 cm³/mol. The number of rotatable bonds is 7. The van der Waals surface area contributed by atoms with Crippen LogP contribution in [-0.4, -0.2) is 68.7 Å². The minimum atomic E-state index is -4.96. The molecular weight excluding hydrogens is 370 g/mol. The van der Waals surface area contributed by atoms with Gasteiger partial charge in [-0.3, -0.25) is 0 Å². The van der Waals surface area contributed by atoms with Crippen LogP contribution < -0.4 is 0 Å². The first-order valence-corrected chi connectivity index (χ1v) is 11.6. The molecule has 0 aliphatic rings. The second-order valence-electron chi connectivity index (χ2n) is 6.91. The van der Waals surface area contributed by atoms with Gasteiger partial charge in [-0.15, -0.1) is 0 Å². The van der Waals surface area contributed by atoms with Gasteiger partial charge in [-0.2, -0.15) is 17.2 Å². The van der Waals surface area contributed by atoms with E-state index in [1.165, 1.54) is 13.1 Å². The van der Waals surface area contributed by atoms with E-state index < -0.39 is 53.9 Å². The first-order valence-electron chi connectivity index (χ1n) is 6.85. The van der Waals surface area contributed by atoms with Crippen molar-refractivity contribution in [3.05, 3.63) is 0 Å². The zero-order valence-corrected chi connectivity index (χ0v) is 16.1. The molecule has 0 aliphatic heterocycles. The van der Waals surface area contributed by atoms with E-state index in [4.69, 9.17) is 9.53 Å². The van der Waals surface area contributed by atoms with Crippen LogP contribution in [0.25, 0.3) is 0 Å². The molecule has 12 heteroatoms. The van der Waals surface area contributed by atoms with Gasteiger partial charge in [-0.25, -0.2) is 4.79 Å². The molecule has 0 heterocycles. The molecule has 3 N–H and O–H groups in total. The zero-order chi connectivity index (χ0) is 19.8. The van der Waals surface area contributed by atoms with Crippen molar-refractivity contribution in [2.24, 2.45) is 0 Å². The normalized spacial score (nSPS) is 18.0. The maximum Gasteiger partial charge on any atom is 0.398 e. The fourth-order valence-electron chi connectivity index (χ4n) is 1.34. The highest BCUT2D eigenvalue weighted by Crippen LogP contribution is 2.44. The summed E-state index contributed by atoms with van der Waals surface area (Å²) < 4.78 is 59.3. The van der Waals surface area contributed by atoms with Crippen LogP contribution in [0.5, 0.6) is 0 Å². The third-order valence-electron chi connectivity index (χ3n) is 3.77. The number of carbonyl (C=O) groups excluding carboxylic acids is 1. The Hall–Kier alpha value is -0.663. The summed E-state index contributed by atoms with van der Waals surface area (Å²) >= 11 is 0. The van der Waals surface area contributed by atoms with Gasteiger partial charge in [0.1, 0.15) is 6.10 Å². The summed E-state index contributed by atoms with van der Waals surface area (Å²) in [4.78, 5) is 11.5. The number of aliphatic hydroxyl groups is 3. The predicted octanol–water partition coefficient (Wildman–Crippen LogP) is 0.188. The van der Waals surface area contributed by atoms with Crippen LogP contribution in [0.15, 0.2) is 0 Å². The lowest BCUT2D eigenvalue weighted by Gasteiger charge is -2.46. The summed E-state index contributed by atoms with van der Waals surface area (Å²) in [5, 5.41) is 28.1. The Morgan fingerprint density at radius 1 is 1.25 bits per heavy atom. The summed E-state index contributed by atoms with van der Waals surface area (Å²) in [7, 11) is -7.79. The Morgan fingerprint density at radius 2 is 1.67 bits per heavy atom. The van der Waals surface area contributed by atoms with Gasteiger partial charge in [0.25, 0.3) is 5.79 Å². The lowest BCUT2D eigenvalue weighted by atomic mass is 10.0. The zero-order valence-electron chi connectivity index (χ0n) is 14.3. The Bertz CT molecular complexity index is 572. The van der Waals surface area contributed by atoms with Gasteiger partial charge in [0.2, 0.25) is 0 Å². The van der Waals surface area contributed by atoms with Gasteiger partial charge >= 0.3 is 22.0 Å². The molecule has 0 amide bonds. The Balaban J connectivity index is 6.05. The average Bonchev–Trinajstić information content (AvgIpc) is 2.33. The van der Waals surface area contributed by atoms with Crippen LogP contribution in [0.4, 0.5) is 8.78 Å². The lowest BCUT2D eigenvalue weighted by Crippen LogP contribution is -2.67. The fourth-order valence-corrected chi connectivity index (χ4v) is 3.07. The third-order valence-corrected chi connectivity index (χ3v) is 8.66. The highest BCUT2D eigenvalue weighted by molar-refractivity contribution is 7.86. The topological polar surface area (TPSA) is 130 Å². The van der Waals surface area contributed by atoms with Gasteiger partial charge in [0.05, 0.1) is 12.9 Å². The van der Waals surface area contributed by atoms with E-state index in [1.54, 1.807) is 20.8 Å². The summed E-state index contributed by atoms with van der Waals surface area (Å²) in [6.07, 6.45) is -2.23. The molecule has 0 bridgehead atoms. The Morgan fingerprint density at radius 3 is 1.96 bits per heavy atom. The second kappa shape index (κ2) is 6.92. The number of alkyl halides is 2. The molecule has 0 saturated heterocycles. The molecule has 0 fully saturated rings. The molecule has 0 aliphatic carbocycles. The molecule has 0 unspecified atom stereocenters. The van der Waals surface area contributed by atoms with Crippen LogP contribution in [0.1, 0.15) is 20.8 Å². The number of hydrogen-bond acceptors (Lipinski definition) is 8. The lowest BCUT2D eigenvalue weighted by molar-refractivity contribution is -0.318. The minimum absolute atomic E-state index is 0.358. The van der Waals surface area contributed by atoms with E-state index >= 15 is 0 Å². The molecule has 0 spiro atoms. The highest BCUT2D eigenvalue weighted by Gasteiger charge is 2.67. The summed E-state index contributed by atoms with van der Waals surface area (Å²) in [5.41, 5.74) is 0. The van der Waals surface area contributed by atoms with E-state index in [9.17, 15) is 32.2 Å². The molecule has 0 aromatic heterocycles. The standard InChI is InChI=1S/C12H24F2O8SSi/c1-10(2,3)24(5,6)22-12(18,8(16)7-15)11(13,14)9(17)21-23(4,19)20/h8,15-16,18H,7H2,1-6H3/t8-,12-/m1/s1. The Labute approximate surface area is 140 Å². The number of halogens is 2. The van der Waals surface area contributed by atoms with Crippen molar-refractivity contribution in [3.8, 4) is 0 Å². The first-order chi connectivity index (χ1) is 10.3. The van der Waals surface area contributed by atoms with E-state index in [-0.39, 0.29) is 0 Å². The van der Waals surface area contributed by atoms with Crippen molar-refractivity contribution in [1.82, 2.24) is 0 Å². The van der Waals surface area contributed by atoms with Crippen molar-refractivity contribution in [3.63, 3.8) is 0 Å². The van der Waals surface area contributed by atoms with Crippen molar-refractivity contribution in [2.45, 2.75) is 56.7 Å². The van der Waals surface area contributed by atoms with E-state index in [2.05, 4.69) is 4.18 Å². The third kappa shape index (κ3) is 4.92. The van der Waals surface area contributed by atoms with E-state index in [1.807, 2.05) is 0 Å². The van der Waals surface area contributed by atoms with Gasteiger partial charge in [-0.05, 0) is 18.1 Å². The van der Waals surface area contributed by atoms with Crippen molar-refractivity contribution < 1.29 is 45.9 Å². The second-order valence-corrected chi connectivity index (χ2v) is 13.2. The summed E-state index contributed by atoms with van der Waals surface area (Å²) in [5.74, 6) is -11.5. The number of carbonyl (C=O) groups is 1. The van der Waals surface area contributed by atoms with Crippen LogP contribution >= 0.6 is 0 Å². The largest absolute Gasteiger partial charge is 0.398 e. The highest BCUT2D eigenvalue weighted by atomic mass is 32.2. The number of aliphatic hydroxyl groups excluding tert-OH is 2. The maximum absolute atomic E-state index is 14.4. The quantitative estimate of drug-likeness (QED) is 0.317. The Kier molecular flexibility index (Phi) is 6.73. The minimum Gasteiger partial charge on any atom is -0.393 e. The summed E-state index contributed by atoms with van der Waals surface area (Å²) in [6, 6.07) is 0. The van der Waals surface area contributed by atoms with E-state index in [0.717, 1.165) is 0 Å². The molecule has 0 aromatic rings. The molecule has 0 saturated carbocycles. The van der Waals surface area contributed by atoms with Crippen LogP contribution in [-0.2, 0) is 23.5 Å². The van der Waals surface area contributed by atoms with Gasteiger partial charge in [0, 0.05) is 0 Å². The van der Waals surface area contributed by atoms with Gasteiger partial charge in [0.15, 0.2) is 8.32 Å². The molecule has 2 atom stereocenters. The SMILES string of the molecule is CC(C)(C)[Si](C)(C)O[C@](O)([C@H](O)CO)C(F)(F)C(=O)OS(C)(=O)=O. The van der Waals surface area contributed by atoms with Gasteiger partial charge in [-0.1, -0.05) is 20.8 Å². The monoisotopic (exact) mass is 394 g/mol. The van der Waals surface area contributed by atoms with E-state index in [0.29, 0.717) is 6.26 Å². The molecule has 8 nitrogen and oxygen atoms in total. The van der Waals surface area contributed by atoms with Crippen molar-refractivity contribution in [1.29, 1.82) is 0 Å². The first kappa shape index (κ1) is 23.3. The molecule has 0 radical (unpaired) electrons.